The van der Waals surface area contributed by atoms with Gasteiger partial charge in [0.05, 0.1) is 0 Å². The van der Waals surface area contributed by atoms with Gasteiger partial charge in [0.1, 0.15) is 0 Å². The number of hydrogen-bond acceptors (Lipinski definition) is 3. The second kappa shape index (κ2) is 3.91. The minimum atomic E-state index is 0.182. The van der Waals surface area contributed by atoms with Gasteiger partial charge < -0.3 is 15.2 Å². The molecule has 0 atom stereocenters. The zero-order valence-corrected chi connectivity index (χ0v) is 10.2. The van der Waals surface area contributed by atoms with E-state index in [1.54, 1.807) is 0 Å². The Morgan fingerprint density at radius 2 is 2.06 bits per heavy atom. The number of fused-ring (bicyclic) bond motifs is 1. The van der Waals surface area contributed by atoms with Crippen molar-refractivity contribution in [3.63, 3.8) is 0 Å². The van der Waals surface area contributed by atoms with Gasteiger partial charge in [0, 0.05) is 12.0 Å². The lowest BCUT2D eigenvalue weighted by Gasteiger charge is -2.47. The molecule has 0 unspecified atom stereocenters. The zero-order chi connectivity index (χ0) is 11.9. The maximum atomic E-state index is 5.99. The van der Waals surface area contributed by atoms with E-state index in [1.807, 2.05) is 6.07 Å². The molecule has 17 heavy (non-hydrogen) atoms. The first kappa shape index (κ1) is 10.9. The van der Waals surface area contributed by atoms with E-state index in [-0.39, 0.29) is 5.41 Å². The minimum Gasteiger partial charge on any atom is -0.454 e. The van der Waals surface area contributed by atoms with Crippen LogP contribution in [-0.4, -0.2) is 13.3 Å². The summed E-state index contributed by atoms with van der Waals surface area (Å²) in [6.45, 7) is 3.32. The quantitative estimate of drug-likeness (QED) is 0.872. The maximum Gasteiger partial charge on any atom is 0.231 e. The first-order chi connectivity index (χ1) is 8.27. The molecular formula is C14H19NO2. The van der Waals surface area contributed by atoms with Crippen molar-refractivity contribution < 1.29 is 9.47 Å². The Kier molecular flexibility index (Phi) is 2.51. The highest BCUT2D eigenvalue weighted by molar-refractivity contribution is 5.47. The number of hydrogen-bond donors (Lipinski definition) is 1. The largest absolute Gasteiger partial charge is 0.454 e. The van der Waals surface area contributed by atoms with E-state index in [9.17, 15) is 0 Å². The van der Waals surface area contributed by atoms with Crippen LogP contribution in [0.4, 0.5) is 0 Å². The molecule has 1 heterocycles. The Hall–Kier alpha value is -1.22. The normalized spacial score (nSPS) is 30.1. The molecule has 3 nitrogen and oxygen atoms in total. The first-order valence-electron chi connectivity index (χ1n) is 6.37. The monoisotopic (exact) mass is 233 g/mol. The van der Waals surface area contributed by atoms with Gasteiger partial charge in [0.15, 0.2) is 11.5 Å². The molecule has 1 aromatic carbocycles. The maximum absolute atomic E-state index is 5.99. The van der Waals surface area contributed by atoms with E-state index in [4.69, 9.17) is 15.2 Å². The summed E-state index contributed by atoms with van der Waals surface area (Å²) in [7, 11) is 0. The van der Waals surface area contributed by atoms with Crippen LogP contribution in [0.2, 0.25) is 0 Å². The van der Waals surface area contributed by atoms with E-state index < -0.39 is 0 Å². The number of benzene rings is 1. The third kappa shape index (κ3) is 1.61. The van der Waals surface area contributed by atoms with Gasteiger partial charge in [-0.3, -0.25) is 0 Å². The summed E-state index contributed by atoms with van der Waals surface area (Å²) in [5.41, 5.74) is 7.49. The van der Waals surface area contributed by atoms with Gasteiger partial charge in [-0.2, -0.15) is 0 Å². The fourth-order valence-electron chi connectivity index (χ4n) is 3.08. The van der Waals surface area contributed by atoms with Crippen molar-refractivity contribution in [1.82, 2.24) is 0 Å². The topological polar surface area (TPSA) is 44.5 Å². The molecule has 0 saturated heterocycles. The van der Waals surface area contributed by atoms with E-state index in [1.165, 1.54) is 24.8 Å². The Bertz CT molecular complexity index is 424. The minimum absolute atomic E-state index is 0.182. The molecule has 0 spiro atoms. The Morgan fingerprint density at radius 3 is 2.76 bits per heavy atom. The standard InChI is InChI=1S/C14H19NO2/c1-2-10-6-14(7-10,8-15)11-3-4-12-13(5-11)17-9-16-12/h3-5,10H,2,6-9,15H2,1H3. The molecular weight excluding hydrogens is 214 g/mol. The summed E-state index contributed by atoms with van der Waals surface area (Å²) in [5, 5.41) is 0. The number of rotatable bonds is 3. The smallest absolute Gasteiger partial charge is 0.231 e. The molecule has 3 rings (SSSR count). The van der Waals surface area contributed by atoms with Crippen molar-refractivity contribution in [1.29, 1.82) is 0 Å². The molecule has 3 heteroatoms. The number of ether oxygens (including phenoxy) is 2. The van der Waals surface area contributed by atoms with Crippen molar-refractivity contribution in [3.8, 4) is 11.5 Å². The molecule has 1 fully saturated rings. The van der Waals surface area contributed by atoms with Gasteiger partial charge in [0.2, 0.25) is 6.79 Å². The highest BCUT2D eigenvalue weighted by Crippen LogP contribution is 2.50. The zero-order valence-electron chi connectivity index (χ0n) is 10.2. The highest BCUT2D eigenvalue weighted by atomic mass is 16.7. The fraction of sp³-hybridized carbons (Fsp3) is 0.571. The van der Waals surface area contributed by atoms with Gasteiger partial charge in [-0.25, -0.2) is 0 Å². The van der Waals surface area contributed by atoms with Gasteiger partial charge in [0.25, 0.3) is 0 Å². The summed E-state index contributed by atoms with van der Waals surface area (Å²) in [5.74, 6) is 2.56. The predicted molar refractivity (Wildman–Crippen MR) is 66.3 cm³/mol. The van der Waals surface area contributed by atoms with Crippen molar-refractivity contribution in [2.75, 3.05) is 13.3 Å². The average Bonchev–Trinajstić information content (AvgIpc) is 2.76. The molecule has 0 amide bonds. The van der Waals surface area contributed by atoms with E-state index in [0.29, 0.717) is 6.79 Å². The van der Waals surface area contributed by atoms with Crippen LogP contribution in [0.3, 0.4) is 0 Å². The van der Waals surface area contributed by atoms with Crippen LogP contribution in [0.5, 0.6) is 11.5 Å². The van der Waals surface area contributed by atoms with Gasteiger partial charge >= 0.3 is 0 Å². The predicted octanol–water partition coefficient (Wildman–Crippen LogP) is 2.43. The molecule has 1 saturated carbocycles. The van der Waals surface area contributed by atoms with Gasteiger partial charge in [-0.05, 0) is 36.5 Å². The molecule has 0 radical (unpaired) electrons. The van der Waals surface area contributed by atoms with Gasteiger partial charge in [-0.1, -0.05) is 19.4 Å². The highest BCUT2D eigenvalue weighted by Gasteiger charge is 2.43. The molecule has 1 aliphatic carbocycles. The summed E-state index contributed by atoms with van der Waals surface area (Å²) < 4.78 is 10.8. The van der Waals surface area contributed by atoms with Crippen LogP contribution in [0.15, 0.2) is 18.2 Å². The van der Waals surface area contributed by atoms with Gasteiger partial charge in [-0.15, -0.1) is 0 Å². The van der Waals surface area contributed by atoms with Crippen LogP contribution in [0.25, 0.3) is 0 Å². The summed E-state index contributed by atoms with van der Waals surface area (Å²) in [4.78, 5) is 0. The van der Waals surface area contributed by atoms with Crippen molar-refractivity contribution in [2.24, 2.45) is 11.7 Å². The molecule has 92 valence electrons. The fourth-order valence-corrected chi connectivity index (χ4v) is 3.08. The van der Waals surface area contributed by atoms with Crippen LogP contribution >= 0.6 is 0 Å². The second-order valence-electron chi connectivity index (χ2n) is 5.24. The van der Waals surface area contributed by atoms with Crippen LogP contribution in [0, 0.1) is 5.92 Å². The van der Waals surface area contributed by atoms with Crippen molar-refractivity contribution in [2.45, 2.75) is 31.6 Å². The number of nitrogens with two attached hydrogens (primary N) is 1. The lowest BCUT2D eigenvalue weighted by molar-refractivity contribution is 0.144. The van der Waals surface area contributed by atoms with E-state index in [2.05, 4.69) is 19.1 Å². The van der Waals surface area contributed by atoms with Crippen LogP contribution in [-0.2, 0) is 5.41 Å². The third-order valence-corrected chi connectivity index (χ3v) is 4.31. The third-order valence-electron chi connectivity index (χ3n) is 4.31. The molecule has 0 aromatic heterocycles. The second-order valence-corrected chi connectivity index (χ2v) is 5.24. The summed E-state index contributed by atoms with van der Waals surface area (Å²) in [6.07, 6.45) is 3.67. The summed E-state index contributed by atoms with van der Waals surface area (Å²) in [6, 6.07) is 6.27. The average molecular weight is 233 g/mol. The Labute approximate surface area is 102 Å². The van der Waals surface area contributed by atoms with E-state index >= 15 is 0 Å². The molecule has 1 aliphatic heterocycles. The molecule has 2 aliphatic rings. The van der Waals surface area contributed by atoms with Crippen molar-refractivity contribution >= 4 is 0 Å². The SMILES string of the molecule is CCC1CC(CN)(c2ccc3c(c2)OCO3)C1. The van der Waals surface area contributed by atoms with Crippen LogP contribution in [0.1, 0.15) is 31.7 Å². The van der Waals surface area contributed by atoms with E-state index in [0.717, 1.165) is 24.0 Å². The molecule has 0 bridgehead atoms. The Morgan fingerprint density at radius 1 is 1.29 bits per heavy atom. The van der Waals surface area contributed by atoms with Crippen LogP contribution < -0.4 is 15.2 Å². The Balaban J connectivity index is 1.88. The lowest BCUT2D eigenvalue weighted by Crippen LogP contribution is -2.46. The van der Waals surface area contributed by atoms with Crippen molar-refractivity contribution in [3.05, 3.63) is 23.8 Å². The summed E-state index contributed by atoms with van der Waals surface area (Å²) >= 11 is 0. The lowest BCUT2D eigenvalue weighted by atomic mass is 9.58. The molecule has 1 aromatic rings. The molecule has 2 N–H and O–H groups in total. The first-order valence-corrected chi connectivity index (χ1v) is 6.37.